The Morgan fingerprint density at radius 3 is 1.61 bits per heavy atom. The molecule has 31 heavy (non-hydrogen) atoms. The lowest BCUT2D eigenvalue weighted by Gasteiger charge is -2.40. The van der Waals surface area contributed by atoms with E-state index in [4.69, 9.17) is 0 Å². The van der Waals surface area contributed by atoms with Crippen LogP contribution in [0.3, 0.4) is 0 Å². The molecule has 0 bridgehead atoms. The van der Waals surface area contributed by atoms with Gasteiger partial charge in [0.05, 0.1) is 0 Å². The Labute approximate surface area is 182 Å². The molecule has 0 saturated carbocycles. The van der Waals surface area contributed by atoms with Gasteiger partial charge in [-0.05, 0) is 60.8 Å². The molecule has 5 rings (SSSR count). The van der Waals surface area contributed by atoms with Crippen molar-refractivity contribution < 1.29 is 19.8 Å². The zero-order chi connectivity index (χ0) is 21.6. The molecule has 2 fully saturated rings. The molecule has 3 aliphatic rings. The molecule has 1 aliphatic carbocycles. The van der Waals surface area contributed by atoms with Crippen LogP contribution in [0.4, 0.5) is 9.59 Å². The van der Waals surface area contributed by atoms with Gasteiger partial charge in [-0.25, -0.2) is 9.59 Å². The second-order valence-corrected chi connectivity index (χ2v) is 9.13. The smallest absolute Gasteiger partial charge is 0.407 e. The highest BCUT2D eigenvalue weighted by Gasteiger charge is 2.49. The molecule has 2 saturated heterocycles. The number of carbonyl (C=O) groups is 2. The van der Waals surface area contributed by atoms with Gasteiger partial charge in [-0.15, -0.1) is 0 Å². The first-order valence-corrected chi connectivity index (χ1v) is 11.2. The number of nitrogens with zero attached hydrogens (tertiary/aromatic N) is 2. The van der Waals surface area contributed by atoms with Gasteiger partial charge < -0.3 is 20.0 Å². The standard InChI is InChI=1S/C25H28N2O4/c28-23(29)26-13-5-7-17(26)15-25(16-18-8-6-14-27(18)24(30)31)21-11-3-1-9-19(21)20-10-2-4-12-22(20)25/h1-4,9-12,17-18H,5-8,13-16H2,(H,28,29)(H,30,31). The summed E-state index contributed by atoms with van der Waals surface area (Å²) in [6.45, 7) is 1.15. The van der Waals surface area contributed by atoms with Crippen LogP contribution < -0.4 is 0 Å². The molecule has 162 valence electrons. The van der Waals surface area contributed by atoms with Crippen molar-refractivity contribution in [1.82, 2.24) is 9.80 Å². The van der Waals surface area contributed by atoms with Crippen molar-refractivity contribution in [3.63, 3.8) is 0 Å². The van der Waals surface area contributed by atoms with Gasteiger partial charge in [-0.1, -0.05) is 48.5 Å². The molecular formula is C25H28N2O4. The maximum Gasteiger partial charge on any atom is 0.407 e. The van der Waals surface area contributed by atoms with Crippen molar-refractivity contribution in [3.8, 4) is 11.1 Å². The summed E-state index contributed by atoms with van der Waals surface area (Å²) in [7, 11) is 0. The predicted octanol–water partition coefficient (Wildman–Crippen LogP) is 5.02. The van der Waals surface area contributed by atoms with Gasteiger partial charge in [0, 0.05) is 30.6 Å². The van der Waals surface area contributed by atoms with Crippen LogP contribution in [-0.4, -0.2) is 57.4 Å². The van der Waals surface area contributed by atoms with Crippen molar-refractivity contribution in [2.45, 2.75) is 56.0 Å². The monoisotopic (exact) mass is 420 g/mol. The van der Waals surface area contributed by atoms with Crippen LogP contribution >= 0.6 is 0 Å². The molecule has 2 aliphatic heterocycles. The molecule has 0 spiro atoms. The van der Waals surface area contributed by atoms with Gasteiger partial charge in [0.25, 0.3) is 0 Å². The zero-order valence-electron chi connectivity index (χ0n) is 17.5. The first-order chi connectivity index (χ1) is 15.0. The Morgan fingerprint density at radius 1 is 0.774 bits per heavy atom. The normalized spacial score (nSPS) is 23.6. The summed E-state index contributed by atoms with van der Waals surface area (Å²) in [5.41, 5.74) is 4.42. The van der Waals surface area contributed by atoms with E-state index in [2.05, 4.69) is 24.3 Å². The summed E-state index contributed by atoms with van der Waals surface area (Å²) in [5, 5.41) is 19.5. The van der Waals surface area contributed by atoms with Gasteiger partial charge >= 0.3 is 12.2 Å². The number of benzene rings is 2. The highest BCUT2D eigenvalue weighted by atomic mass is 16.4. The van der Waals surface area contributed by atoms with Crippen molar-refractivity contribution in [2.75, 3.05) is 13.1 Å². The summed E-state index contributed by atoms with van der Waals surface area (Å²) in [5.74, 6) is 0. The molecule has 2 unspecified atom stereocenters. The third-order valence-corrected chi connectivity index (χ3v) is 7.59. The Morgan fingerprint density at radius 2 is 1.19 bits per heavy atom. The van der Waals surface area contributed by atoms with Crippen LogP contribution in [0.1, 0.15) is 49.7 Å². The van der Waals surface area contributed by atoms with Crippen LogP contribution in [0, 0.1) is 0 Å². The van der Waals surface area contributed by atoms with E-state index < -0.39 is 17.6 Å². The third-order valence-electron chi connectivity index (χ3n) is 7.59. The van der Waals surface area contributed by atoms with Crippen LogP contribution in [0.2, 0.25) is 0 Å². The van der Waals surface area contributed by atoms with Crippen LogP contribution in [0.15, 0.2) is 48.5 Å². The minimum atomic E-state index is -0.856. The zero-order valence-corrected chi connectivity index (χ0v) is 17.5. The Balaban J connectivity index is 1.63. The molecule has 0 aromatic heterocycles. The first-order valence-electron chi connectivity index (χ1n) is 11.2. The fourth-order valence-corrected chi connectivity index (χ4v) is 6.34. The van der Waals surface area contributed by atoms with Gasteiger partial charge in [-0.3, -0.25) is 0 Å². The highest BCUT2D eigenvalue weighted by molar-refractivity contribution is 5.81. The van der Waals surface area contributed by atoms with E-state index in [1.54, 1.807) is 9.80 Å². The molecule has 2 aromatic rings. The molecule has 0 radical (unpaired) electrons. The molecule has 6 nitrogen and oxygen atoms in total. The van der Waals surface area contributed by atoms with Crippen molar-refractivity contribution in [2.24, 2.45) is 0 Å². The summed E-state index contributed by atoms with van der Waals surface area (Å²) in [6, 6.07) is 16.7. The molecule has 2 atom stereocenters. The van der Waals surface area contributed by atoms with E-state index in [1.165, 1.54) is 22.3 Å². The maximum absolute atomic E-state index is 11.9. The minimum Gasteiger partial charge on any atom is -0.465 e. The Hall–Kier alpha value is -3.02. The molecular weight excluding hydrogens is 392 g/mol. The highest BCUT2D eigenvalue weighted by Crippen LogP contribution is 2.55. The molecule has 2 aromatic carbocycles. The van der Waals surface area contributed by atoms with Crippen molar-refractivity contribution >= 4 is 12.2 Å². The van der Waals surface area contributed by atoms with Gasteiger partial charge in [0.1, 0.15) is 0 Å². The number of fused-ring (bicyclic) bond motifs is 3. The molecule has 2 amide bonds. The number of rotatable bonds is 4. The fraction of sp³-hybridized carbons (Fsp3) is 0.440. The molecule has 2 heterocycles. The molecule has 2 N–H and O–H groups in total. The van der Waals surface area contributed by atoms with Gasteiger partial charge in [0.2, 0.25) is 0 Å². The van der Waals surface area contributed by atoms with E-state index in [9.17, 15) is 19.8 Å². The Bertz CT molecular complexity index is 939. The largest absolute Gasteiger partial charge is 0.465 e. The number of hydrogen-bond acceptors (Lipinski definition) is 2. The summed E-state index contributed by atoms with van der Waals surface area (Å²) < 4.78 is 0. The maximum atomic E-state index is 11.9. The quantitative estimate of drug-likeness (QED) is 0.728. The van der Waals surface area contributed by atoms with Gasteiger partial charge in [0.15, 0.2) is 0 Å². The fourth-order valence-electron chi connectivity index (χ4n) is 6.34. The van der Waals surface area contributed by atoms with Crippen molar-refractivity contribution in [1.29, 1.82) is 0 Å². The average Bonchev–Trinajstić information content (AvgIpc) is 3.47. The number of likely N-dealkylation sites (tertiary alicyclic amines) is 2. The number of carboxylic acid groups (broad SMARTS) is 2. The van der Waals surface area contributed by atoms with Crippen LogP contribution in [0.5, 0.6) is 0 Å². The summed E-state index contributed by atoms with van der Waals surface area (Å²) >= 11 is 0. The third kappa shape index (κ3) is 3.16. The van der Waals surface area contributed by atoms with E-state index in [0.717, 1.165) is 25.7 Å². The van der Waals surface area contributed by atoms with E-state index in [1.807, 2.05) is 24.3 Å². The summed E-state index contributed by atoms with van der Waals surface area (Å²) in [6.07, 6.45) is 3.13. The van der Waals surface area contributed by atoms with E-state index >= 15 is 0 Å². The lowest BCUT2D eigenvalue weighted by Crippen LogP contribution is -2.44. The molecule has 6 heteroatoms. The topological polar surface area (TPSA) is 81.1 Å². The van der Waals surface area contributed by atoms with Crippen LogP contribution in [-0.2, 0) is 5.41 Å². The number of amides is 2. The predicted molar refractivity (Wildman–Crippen MR) is 117 cm³/mol. The van der Waals surface area contributed by atoms with Gasteiger partial charge in [-0.2, -0.15) is 0 Å². The van der Waals surface area contributed by atoms with Crippen LogP contribution in [0.25, 0.3) is 11.1 Å². The Kier molecular flexibility index (Phi) is 4.88. The van der Waals surface area contributed by atoms with Crippen molar-refractivity contribution in [3.05, 3.63) is 59.7 Å². The van der Waals surface area contributed by atoms with E-state index in [0.29, 0.717) is 25.9 Å². The average molecular weight is 421 g/mol. The lowest BCUT2D eigenvalue weighted by atomic mass is 9.68. The second kappa shape index (κ2) is 7.59. The second-order valence-electron chi connectivity index (χ2n) is 9.13. The SMILES string of the molecule is O=C(O)N1CCCC1CC1(CC2CCCN2C(=O)O)c2ccccc2-c2ccccc21. The van der Waals surface area contributed by atoms with E-state index in [-0.39, 0.29) is 12.1 Å². The first kappa shape index (κ1) is 19.9. The number of hydrogen-bond donors (Lipinski definition) is 2. The lowest BCUT2D eigenvalue weighted by molar-refractivity contribution is 0.122. The summed E-state index contributed by atoms with van der Waals surface area (Å²) in [4.78, 5) is 27.0. The minimum absolute atomic E-state index is 0.0589.